The number of carbonyl (C=O) groups excluding carboxylic acids is 2. The number of halogens is 8. The number of hydrogen-bond donors (Lipinski definition) is 0. The summed E-state index contributed by atoms with van der Waals surface area (Å²) in [5, 5.41) is 0. The maximum Gasteiger partial charge on any atom is 0.381 e. The Bertz CT molecular complexity index is 682. The predicted octanol–water partition coefficient (Wildman–Crippen LogP) is 8.75. The van der Waals surface area contributed by atoms with E-state index in [9.17, 15) is 44.7 Å². The van der Waals surface area contributed by atoms with E-state index in [0.29, 0.717) is 6.42 Å². The molecule has 0 aliphatic rings. The number of hydrogen-bond acceptors (Lipinski definition) is 4. The van der Waals surface area contributed by atoms with Crippen LogP contribution < -0.4 is 0 Å². The molecule has 0 fully saturated rings. The van der Waals surface area contributed by atoms with E-state index in [0.717, 1.165) is 32.1 Å². The molecule has 0 aliphatic carbocycles. The van der Waals surface area contributed by atoms with Crippen LogP contribution in [0.4, 0.5) is 35.1 Å². The van der Waals surface area contributed by atoms with Crippen molar-refractivity contribution in [1.82, 2.24) is 0 Å². The van der Waals surface area contributed by atoms with Crippen molar-refractivity contribution in [2.45, 2.75) is 135 Å². The highest BCUT2D eigenvalue weighted by molar-refractivity contribution is 6.00. The Morgan fingerprint density at radius 2 is 1.03 bits per heavy atom. The van der Waals surface area contributed by atoms with Crippen LogP contribution in [0.2, 0.25) is 0 Å². The van der Waals surface area contributed by atoms with Gasteiger partial charge < -0.3 is 9.47 Å². The van der Waals surface area contributed by atoms with Crippen LogP contribution in [0.3, 0.4) is 0 Å². The fourth-order valence-corrected chi connectivity index (χ4v) is 3.92. The first-order valence-corrected chi connectivity index (χ1v) is 13.4. The largest absolute Gasteiger partial charge is 0.465 e. The predicted molar refractivity (Wildman–Crippen MR) is 127 cm³/mol. The summed E-state index contributed by atoms with van der Waals surface area (Å²) in [6, 6.07) is 0. The molecular formula is C26H42F8O4. The van der Waals surface area contributed by atoms with Gasteiger partial charge in [0, 0.05) is 0 Å². The molecule has 0 aromatic heterocycles. The Hall–Kier alpha value is -1.62. The van der Waals surface area contributed by atoms with Crippen molar-refractivity contribution in [2.24, 2.45) is 5.41 Å². The Morgan fingerprint density at radius 3 is 1.42 bits per heavy atom. The van der Waals surface area contributed by atoms with Crippen LogP contribution in [0.25, 0.3) is 0 Å². The van der Waals surface area contributed by atoms with Gasteiger partial charge in [-0.05, 0) is 19.3 Å². The van der Waals surface area contributed by atoms with Gasteiger partial charge >= 0.3 is 36.1 Å². The number of rotatable bonds is 22. The van der Waals surface area contributed by atoms with Gasteiger partial charge in [0.1, 0.15) is 0 Å². The Morgan fingerprint density at radius 1 is 0.632 bits per heavy atom. The first-order valence-electron chi connectivity index (χ1n) is 13.4. The van der Waals surface area contributed by atoms with Crippen LogP contribution in [0.1, 0.15) is 111 Å². The molecule has 0 atom stereocenters. The second-order valence-electron chi connectivity index (χ2n) is 9.59. The summed E-state index contributed by atoms with van der Waals surface area (Å²) in [6.45, 7) is 2.14. The molecule has 38 heavy (non-hydrogen) atoms. The Balaban J connectivity index is 4.63. The van der Waals surface area contributed by atoms with Gasteiger partial charge in [0.15, 0.2) is 12.0 Å². The molecule has 4 nitrogen and oxygen atoms in total. The minimum Gasteiger partial charge on any atom is -0.465 e. The highest BCUT2D eigenvalue weighted by Crippen LogP contribution is 2.48. The summed E-state index contributed by atoms with van der Waals surface area (Å²) >= 11 is 0. The fourth-order valence-electron chi connectivity index (χ4n) is 3.92. The summed E-state index contributed by atoms with van der Waals surface area (Å²) < 4.78 is 114. The minimum absolute atomic E-state index is 0.0693. The van der Waals surface area contributed by atoms with Crippen molar-refractivity contribution in [1.29, 1.82) is 0 Å². The summed E-state index contributed by atoms with van der Waals surface area (Å²) in [5.74, 6) is -21.5. The quantitative estimate of drug-likeness (QED) is 0.0565. The molecule has 0 saturated heterocycles. The van der Waals surface area contributed by atoms with Gasteiger partial charge in [0.05, 0.1) is 6.61 Å². The third-order valence-electron chi connectivity index (χ3n) is 6.76. The normalized spacial score (nSPS) is 13.2. The monoisotopic (exact) mass is 570 g/mol. The number of unbranched alkanes of at least 4 members (excludes halogenated alkanes) is 11. The van der Waals surface area contributed by atoms with E-state index in [1.165, 1.54) is 52.4 Å². The van der Waals surface area contributed by atoms with E-state index < -0.39 is 48.2 Å². The SMILES string of the molecule is CCCCCCCCCCCCCCOC(=O)C(CC)(CC)C(=O)OCC(F)(F)C(F)(F)C(F)(F)C(F)F. The lowest BCUT2D eigenvalue weighted by Crippen LogP contribution is -2.59. The Kier molecular flexibility index (Phi) is 16.4. The van der Waals surface area contributed by atoms with Gasteiger partial charge in [-0.2, -0.15) is 26.3 Å². The molecule has 0 aromatic carbocycles. The van der Waals surface area contributed by atoms with Gasteiger partial charge in [-0.1, -0.05) is 91.4 Å². The molecule has 0 heterocycles. The molecule has 0 aromatic rings. The number of alkyl halides is 8. The molecule has 0 amide bonds. The highest BCUT2D eigenvalue weighted by Gasteiger charge is 2.75. The van der Waals surface area contributed by atoms with E-state index in [2.05, 4.69) is 11.7 Å². The van der Waals surface area contributed by atoms with Crippen LogP contribution in [0, 0.1) is 5.41 Å². The molecule has 12 heteroatoms. The van der Waals surface area contributed by atoms with Crippen molar-refractivity contribution in [3.05, 3.63) is 0 Å². The van der Waals surface area contributed by atoms with Crippen LogP contribution in [-0.4, -0.2) is 49.3 Å². The van der Waals surface area contributed by atoms with Gasteiger partial charge in [-0.25, -0.2) is 8.78 Å². The first-order chi connectivity index (χ1) is 17.7. The van der Waals surface area contributed by atoms with Crippen molar-refractivity contribution < 1.29 is 54.2 Å². The van der Waals surface area contributed by atoms with Crippen molar-refractivity contribution in [3.63, 3.8) is 0 Å². The van der Waals surface area contributed by atoms with E-state index in [4.69, 9.17) is 4.74 Å². The second kappa shape index (κ2) is 17.2. The maximum absolute atomic E-state index is 13.7. The summed E-state index contributed by atoms with van der Waals surface area (Å²) in [7, 11) is 0. The van der Waals surface area contributed by atoms with Gasteiger partial charge in [0.25, 0.3) is 0 Å². The molecule has 0 N–H and O–H groups in total. The summed E-state index contributed by atoms with van der Waals surface area (Å²) in [4.78, 5) is 25.0. The van der Waals surface area contributed by atoms with E-state index in [1.54, 1.807) is 0 Å². The highest BCUT2D eigenvalue weighted by atomic mass is 19.4. The van der Waals surface area contributed by atoms with Crippen molar-refractivity contribution >= 4 is 11.9 Å². The zero-order chi connectivity index (χ0) is 29.5. The van der Waals surface area contributed by atoms with Crippen LogP contribution in [-0.2, 0) is 19.1 Å². The average molecular weight is 571 g/mol. The third-order valence-corrected chi connectivity index (χ3v) is 6.76. The second-order valence-corrected chi connectivity index (χ2v) is 9.59. The molecule has 0 radical (unpaired) electrons. The molecule has 0 rings (SSSR count). The van der Waals surface area contributed by atoms with E-state index in [-0.39, 0.29) is 19.4 Å². The van der Waals surface area contributed by atoms with E-state index in [1.807, 2.05) is 0 Å². The van der Waals surface area contributed by atoms with Crippen molar-refractivity contribution in [3.8, 4) is 0 Å². The third kappa shape index (κ3) is 10.2. The van der Waals surface area contributed by atoms with Crippen molar-refractivity contribution in [2.75, 3.05) is 13.2 Å². The Labute approximate surface area is 220 Å². The zero-order valence-electron chi connectivity index (χ0n) is 22.5. The lowest BCUT2D eigenvalue weighted by Gasteiger charge is -2.33. The van der Waals surface area contributed by atoms with Crippen LogP contribution in [0.15, 0.2) is 0 Å². The van der Waals surface area contributed by atoms with Gasteiger partial charge in [-0.15, -0.1) is 0 Å². The fraction of sp³-hybridized carbons (Fsp3) is 0.923. The molecular weight excluding hydrogens is 528 g/mol. The topological polar surface area (TPSA) is 52.6 Å². The van der Waals surface area contributed by atoms with Crippen LogP contribution in [0.5, 0.6) is 0 Å². The average Bonchev–Trinajstić information content (AvgIpc) is 2.86. The number of esters is 2. The number of ether oxygens (including phenoxy) is 2. The molecule has 226 valence electrons. The molecule has 0 spiro atoms. The lowest BCUT2D eigenvalue weighted by atomic mass is 9.82. The zero-order valence-corrected chi connectivity index (χ0v) is 22.5. The first kappa shape index (κ1) is 36.4. The van der Waals surface area contributed by atoms with E-state index >= 15 is 0 Å². The molecule has 0 bridgehead atoms. The molecule has 0 saturated carbocycles. The minimum atomic E-state index is -6.51. The smallest absolute Gasteiger partial charge is 0.381 e. The standard InChI is InChI=1S/C26H42F8O4/c1-4-7-8-9-10-11-12-13-14-15-16-17-18-37-21(35)23(5-2,6-3)22(36)38-19-24(29,30)26(33,34)25(31,32)20(27)28/h20H,4-19H2,1-3H3. The summed E-state index contributed by atoms with van der Waals surface area (Å²) in [5.41, 5.74) is -2.13. The lowest BCUT2D eigenvalue weighted by molar-refractivity contribution is -0.344. The van der Waals surface area contributed by atoms with Crippen LogP contribution >= 0.6 is 0 Å². The summed E-state index contributed by atoms with van der Waals surface area (Å²) in [6.07, 6.45) is 7.15. The molecule has 0 aliphatic heterocycles. The molecule has 0 unspecified atom stereocenters. The van der Waals surface area contributed by atoms with Gasteiger partial charge in [-0.3, -0.25) is 9.59 Å². The maximum atomic E-state index is 13.7. The van der Waals surface area contributed by atoms with Gasteiger partial charge in [0.2, 0.25) is 0 Å². The number of carbonyl (C=O) groups is 2.